The third-order valence-corrected chi connectivity index (χ3v) is 3.74. The minimum Gasteiger partial charge on any atom is -0.452 e. The number of anilines is 1. The Morgan fingerprint density at radius 3 is 2.40 bits per heavy atom. The third kappa shape index (κ3) is 5.74. The Morgan fingerprint density at radius 1 is 1.12 bits per heavy atom. The van der Waals surface area contributed by atoms with E-state index >= 15 is 0 Å². The Kier molecular flexibility index (Phi) is 6.82. The number of rotatable bonds is 5. The number of benzene rings is 2. The van der Waals surface area contributed by atoms with Gasteiger partial charge in [0.25, 0.3) is 5.91 Å². The predicted octanol–water partition coefficient (Wildman–Crippen LogP) is 4.98. The van der Waals surface area contributed by atoms with Crippen molar-refractivity contribution < 1.29 is 18.7 Å². The minimum absolute atomic E-state index is 0.150. The maximum absolute atomic E-state index is 13.4. The average Bonchev–Trinajstić information content (AvgIpc) is 2.55. The molecule has 0 saturated heterocycles. The van der Waals surface area contributed by atoms with E-state index in [0.717, 1.165) is 6.08 Å². The highest BCUT2D eigenvalue weighted by molar-refractivity contribution is 6.42. The largest absolute Gasteiger partial charge is 0.452 e. The van der Waals surface area contributed by atoms with Crippen molar-refractivity contribution in [2.24, 2.45) is 0 Å². The van der Waals surface area contributed by atoms with Crippen molar-refractivity contribution in [3.63, 3.8) is 0 Å². The van der Waals surface area contributed by atoms with Crippen LogP contribution in [-0.4, -0.2) is 18.5 Å². The zero-order chi connectivity index (χ0) is 18.4. The molecule has 8 heteroatoms. The molecule has 0 fully saturated rings. The first-order valence-electron chi connectivity index (χ1n) is 6.90. The molecule has 1 amide bonds. The van der Waals surface area contributed by atoms with Crippen LogP contribution < -0.4 is 5.32 Å². The highest BCUT2D eigenvalue weighted by atomic mass is 35.5. The van der Waals surface area contributed by atoms with Crippen molar-refractivity contribution in [3.05, 3.63) is 68.9 Å². The Hall–Kier alpha value is -2.08. The van der Waals surface area contributed by atoms with E-state index in [-0.39, 0.29) is 21.3 Å². The number of amides is 1. The summed E-state index contributed by atoms with van der Waals surface area (Å²) in [4.78, 5) is 23.4. The van der Waals surface area contributed by atoms with E-state index in [1.165, 1.54) is 36.4 Å². The number of esters is 1. The van der Waals surface area contributed by atoms with E-state index in [0.29, 0.717) is 5.02 Å². The van der Waals surface area contributed by atoms with Gasteiger partial charge in [0.1, 0.15) is 5.82 Å². The fourth-order valence-corrected chi connectivity index (χ4v) is 2.70. The van der Waals surface area contributed by atoms with Crippen LogP contribution in [0.25, 0.3) is 6.08 Å². The molecule has 0 radical (unpaired) electrons. The normalized spacial score (nSPS) is 10.7. The van der Waals surface area contributed by atoms with Gasteiger partial charge in [-0.3, -0.25) is 4.79 Å². The molecule has 0 unspecified atom stereocenters. The second-order valence-electron chi connectivity index (χ2n) is 4.76. The number of ether oxygens (including phenoxy) is 1. The highest BCUT2D eigenvalue weighted by Crippen LogP contribution is 2.33. The first-order chi connectivity index (χ1) is 11.9. The Bertz CT molecular complexity index is 817. The van der Waals surface area contributed by atoms with Crippen molar-refractivity contribution in [1.82, 2.24) is 0 Å². The van der Waals surface area contributed by atoms with Crippen LogP contribution in [0.3, 0.4) is 0 Å². The lowest BCUT2D eigenvalue weighted by molar-refractivity contribution is -0.142. The summed E-state index contributed by atoms with van der Waals surface area (Å²) in [5.41, 5.74) is 0.388. The van der Waals surface area contributed by atoms with E-state index in [4.69, 9.17) is 39.5 Å². The van der Waals surface area contributed by atoms with Crippen LogP contribution in [0.2, 0.25) is 15.1 Å². The number of hydrogen-bond donors (Lipinski definition) is 1. The standard InChI is InChI=1S/C17H11Cl3FNO3/c18-11-7-12(19)17(13(20)8-11)22-15(23)9-25-16(24)6-5-10-3-1-2-4-14(10)21/h1-8H,9H2,(H,22,23)/b6-5+. The summed E-state index contributed by atoms with van der Waals surface area (Å²) in [5, 5.41) is 3.04. The van der Waals surface area contributed by atoms with Gasteiger partial charge in [-0.25, -0.2) is 9.18 Å². The van der Waals surface area contributed by atoms with Crippen molar-refractivity contribution in [3.8, 4) is 0 Å². The molecule has 4 nitrogen and oxygen atoms in total. The van der Waals surface area contributed by atoms with Gasteiger partial charge in [-0.1, -0.05) is 53.0 Å². The number of carbonyl (C=O) groups excluding carboxylic acids is 2. The number of halogens is 4. The predicted molar refractivity (Wildman–Crippen MR) is 96.5 cm³/mol. The monoisotopic (exact) mass is 401 g/mol. The van der Waals surface area contributed by atoms with Gasteiger partial charge >= 0.3 is 5.97 Å². The maximum Gasteiger partial charge on any atom is 0.331 e. The third-order valence-electron chi connectivity index (χ3n) is 2.92. The van der Waals surface area contributed by atoms with Crippen LogP contribution in [0.4, 0.5) is 10.1 Å². The zero-order valence-electron chi connectivity index (χ0n) is 12.6. The summed E-state index contributed by atoms with van der Waals surface area (Å²) in [6.45, 7) is -0.560. The van der Waals surface area contributed by atoms with Gasteiger partial charge in [0, 0.05) is 16.7 Å². The van der Waals surface area contributed by atoms with Crippen molar-refractivity contribution in [2.75, 3.05) is 11.9 Å². The van der Waals surface area contributed by atoms with Gasteiger partial charge in [-0.2, -0.15) is 0 Å². The Labute approximate surface area is 158 Å². The van der Waals surface area contributed by atoms with Gasteiger partial charge in [-0.05, 0) is 24.3 Å². The van der Waals surface area contributed by atoms with E-state index in [1.54, 1.807) is 6.07 Å². The smallest absolute Gasteiger partial charge is 0.331 e. The Balaban J connectivity index is 1.90. The van der Waals surface area contributed by atoms with Crippen LogP contribution in [0.5, 0.6) is 0 Å². The number of nitrogens with one attached hydrogen (secondary N) is 1. The molecule has 25 heavy (non-hydrogen) atoms. The van der Waals surface area contributed by atoms with Crippen molar-refractivity contribution >= 4 is 58.4 Å². The molecule has 2 aromatic rings. The molecule has 0 atom stereocenters. The molecule has 0 saturated carbocycles. The van der Waals surface area contributed by atoms with Gasteiger partial charge < -0.3 is 10.1 Å². The molecule has 0 spiro atoms. The second kappa shape index (κ2) is 8.85. The topological polar surface area (TPSA) is 55.4 Å². The molecule has 2 aromatic carbocycles. The summed E-state index contributed by atoms with van der Waals surface area (Å²) in [6, 6.07) is 8.74. The van der Waals surface area contributed by atoms with Crippen LogP contribution >= 0.6 is 34.8 Å². The minimum atomic E-state index is -0.799. The van der Waals surface area contributed by atoms with Crippen LogP contribution in [-0.2, 0) is 14.3 Å². The molecular formula is C17H11Cl3FNO3. The first kappa shape index (κ1) is 19.2. The van der Waals surface area contributed by atoms with Gasteiger partial charge in [0.2, 0.25) is 0 Å². The molecule has 130 valence electrons. The first-order valence-corrected chi connectivity index (χ1v) is 8.04. The lowest BCUT2D eigenvalue weighted by Crippen LogP contribution is -2.20. The molecular weight excluding hydrogens is 392 g/mol. The fourth-order valence-electron chi connectivity index (χ4n) is 1.79. The molecule has 0 aromatic heterocycles. The van der Waals surface area contributed by atoms with E-state index < -0.39 is 24.3 Å². The highest BCUT2D eigenvalue weighted by Gasteiger charge is 2.12. The summed E-state index contributed by atoms with van der Waals surface area (Å²) < 4.78 is 18.2. The maximum atomic E-state index is 13.4. The second-order valence-corrected chi connectivity index (χ2v) is 6.01. The summed E-state index contributed by atoms with van der Waals surface area (Å²) in [5.74, 6) is -1.92. The fraction of sp³-hybridized carbons (Fsp3) is 0.0588. The molecule has 2 rings (SSSR count). The molecule has 0 aliphatic rings. The quantitative estimate of drug-likeness (QED) is 0.567. The summed E-state index contributed by atoms with van der Waals surface area (Å²) in [6.07, 6.45) is 2.27. The van der Waals surface area contributed by atoms with Crippen molar-refractivity contribution in [1.29, 1.82) is 0 Å². The van der Waals surface area contributed by atoms with Gasteiger partial charge in [0.15, 0.2) is 6.61 Å². The molecule has 0 aliphatic heterocycles. The molecule has 1 N–H and O–H groups in total. The number of carbonyl (C=O) groups is 2. The van der Waals surface area contributed by atoms with Crippen LogP contribution in [0.15, 0.2) is 42.5 Å². The lowest BCUT2D eigenvalue weighted by atomic mass is 10.2. The Morgan fingerprint density at radius 2 is 1.76 bits per heavy atom. The van der Waals surface area contributed by atoms with Crippen molar-refractivity contribution in [2.45, 2.75) is 0 Å². The number of hydrogen-bond acceptors (Lipinski definition) is 3. The van der Waals surface area contributed by atoms with Gasteiger partial charge in [0.05, 0.1) is 15.7 Å². The van der Waals surface area contributed by atoms with E-state index in [9.17, 15) is 14.0 Å². The van der Waals surface area contributed by atoms with Crippen LogP contribution in [0, 0.1) is 5.82 Å². The van der Waals surface area contributed by atoms with E-state index in [1.807, 2.05) is 0 Å². The molecule has 0 aliphatic carbocycles. The van der Waals surface area contributed by atoms with Crippen LogP contribution in [0.1, 0.15) is 5.56 Å². The lowest BCUT2D eigenvalue weighted by Gasteiger charge is -2.09. The average molecular weight is 403 g/mol. The van der Waals surface area contributed by atoms with E-state index in [2.05, 4.69) is 5.32 Å². The summed E-state index contributed by atoms with van der Waals surface area (Å²) in [7, 11) is 0. The summed E-state index contributed by atoms with van der Waals surface area (Å²) >= 11 is 17.6. The molecule has 0 bridgehead atoms. The molecule has 0 heterocycles. The zero-order valence-corrected chi connectivity index (χ0v) is 14.8. The van der Waals surface area contributed by atoms with Gasteiger partial charge in [-0.15, -0.1) is 0 Å². The SMILES string of the molecule is O=C(COC(=O)/C=C/c1ccccc1F)Nc1c(Cl)cc(Cl)cc1Cl.